The first kappa shape index (κ1) is 24.6. The van der Waals surface area contributed by atoms with Crippen molar-refractivity contribution in [1.29, 1.82) is 0 Å². The van der Waals surface area contributed by atoms with E-state index in [4.69, 9.17) is 9.47 Å². The van der Waals surface area contributed by atoms with Gasteiger partial charge in [-0.3, -0.25) is 9.59 Å². The van der Waals surface area contributed by atoms with Crippen LogP contribution >= 0.6 is 0 Å². The monoisotopic (exact) mass is 468 g/mol. The Morgan fingerprint density at radius 2 is 1.88 bits per heavy atom. The molecule has 10 heteroatoms. The van der Waals surface area contributed by atoms with E-state index >= 15 is 0 Å². The molecule has 7 nitrogen and oxygen atoms in total. The lowest BCUT2D eigenvalue weighted by atomic mass is 9.88. The summed E-state index contributed by atoms with van der Waals surface area (Å²) < 4.78 is 54.1. The highest BCUT2D eigenvalue weighted by Crippen LogP contribution is 2.47. The highest BCUT2D eigenvalue weighted by molar-refractivity contribution is 6.12. The zero-order valence-corrected chi connectivity index (χ0v) is 18.8. The Bertz CT molecular complexity index is 969. The molecule has 0 radical (unpaired) electrons. The number of hydrogen-bond acceptors (Lipinski definition) is 5. The molecule has 1 N–H and O–H groups in total. The maximum absolute atomic E-state index is 14.7. The second-order valence-corrected chi connectivity index (χ2v) is 8.08. The molecule has 1 atom stereocenters. The van der Waals surface area contributed by atoms with Gasteiger partial charge in [-0.1, -0.05) is 25.3 Å². The molecule has 0 saturated heterocycles. The average molecular weight is 468 g/mol. The Morgan fingerprint density at radius 1 is 1.21 bits per heavy atom. The zero-order valence-electron chi connectivity index (χ0n) is 18.8. The molecule has 3 rings (SSSR count). The maximum Gasteiger partial charge on any atom is 0.425 e. The van der Waals surface area contributed by atoms with Crippen molar-refractivity contribution >= 4 is 17.8 Å². The van der Waals surface area contributed by atoms with Gasteiger partial charge in [0, 0.05) is 17.3 Å². The minimum absolute atomic E-state index is 0.145. The predicted octanol–water partition coefficient (Wildman–Crippen LogP) is 3.74. The fourth-order valence-electron chi connectivity index (χ4n) is 4.57. The summed E-state index contributed by atoms with van der Waals surface area (Å²) in [7, 11) is 1.35. The van der Waals surface area contributed by atoms with Crippen LogP contribution < -0.4 is 10.1 Å². The molecular weight excluding hydrogens is 441 g/mol. The number of nitrogens with one attached hydrogen (secondary N) is 1. The summed E-state index contributed by atoms with van der Waals surface area (Å²) >= 11 is 0. The van der Waals surface area contributed by atoms with E-state index in [-0.39, 0.29) is 23.6 Å². The molecular formula is C23H27F3N2O5. The number of rotatable bonds is 6. The maximum atomic E-state index is 14.7. The standard InChI is InChI=1S/C23H27F3N2O5/c1-4-33-20(30)18-14(2)28(16-10-6-5-7-11-16)21(31)22(18,23(24,25)26)27-19(29)15-9-8-12-17(13-15)32-3/h8-9,12-13,16H,4-7,10-11H2,1-3H3,(H,27,29). The van der Waals surface area contributed by atoms with Crippen LogP contribution in [0.15, 0.2) is 35.5 Å². The van der Waals surface area contributed by atoms with Crippen LogP contribution in [-0.4, -0.2) is 54.2 Å². The van der Waals surface area contributed by atoms with Gasteiger partial charge >= 0.3 is 12.1 Å². The van der Waals surface area contributed by atoms with Crippen LogP contribution in [0.3, 0.4) is 0 Å². The van der Waals surface area contributed by atoms with E-state index in [1.807, 2.05) is 5.32 Å². The van der Waals surface area contributed by atoms with Gasteiger partial charge in [0.2, 0.25) is 0 Å². The fourth-order valence-corrected chi connectivity index (χ4v) is 4.57. The molecule has 2 amide bonds. The van der Waals surface area contributed by atoms with Gasteiger partial charge in [-0.15, -0.1) is 0 Å². The first-order valence-electron chi connectivity index (χ1n) is 10.8. The number of nitrogens with zero attached hydrogens (tertiary/aromatic N) is 1. The van der Waals surface area contributed by atoms with Crippen molar-refractivity contribution < 1.29 is 37.0 Å². The van der Waals surface area contributed by atoms with Crippen molar-refractivity contribution in [2.75, 3.05) is 13.7 Å². The van der Waals surface area contributed by atoms with Crippen molar-refractivity contribution in [2.45, 2.75) is 63.7 Å². The molecule has 33 heavy (non-hydrogen) atoms. The van der Waals surface area contributed by atoms with E-state index in [9.17, 15) is 27.6 Å². The van der Waals surface area contributed by atoms with Crippen molar-refractivity contribution in [2.24, 2.45) is 0 Å². The third-order valence-electron chi connectivity index (χ3n) is 6.12. The predicted molar refractivity (Wildman–Crippen MR) is 112 cm³/mol. The summed E-state index contributed by atoms with van der Waals surface area (Å²) in [5.41, 5.74) is -4.75. The van der Waals surface area contributed by atoms with Crippen molar-refractivity contribution in [3.05, 3.63) is 41.1 Å². The Morgan fingerprint density at radius 3 is 2.45 bits per heavy atom. The van der Waals surface area contributed by atoms with E-state index in [1.54, 1.807) is 0 Å². The number of methoxy groups -OCH3 is 1. The Balaban J connectivity index is 2.14. The van der Waals surface area contributed by atoms with Gasteiger partial charge in [0.15, 0.2) is 0 Å². The first-order chi connectivity index (χ1) is 15.6. The fraction of sp³-hybridized carbons (Fsp3) is 0.522. The number of amides is 2. The molecule has 1 unspecified atom stereocenters. The molecule has 1 fully saturated rings. The first-order valence-corrected chi connectivity index (χ1v) is 10.8. The van der Waals surface area contributed by atoms with Crippen LogP contribution in [-0.2, 0) is 14.3 Å². The minimum atomic E-state index is -5.30. The number of hydrogen-bond donors (Lipinski definition) is 1. The molecule has 1 aliphatic heterocycles. The quantitative estimate of drug-likeness (QED) is 0.643. The number of esters is 1. The normalized spacial score (nSPS) is 21.9. The number of ether oxygens (including phenoxy) is 2. The highest BCUT2D eigenvalue weighted by atomic mass is 19.4. The van der Waals surface area contributed by atoms with Crippen LogP contribution in [0, 0.1) is 0 Å². The highest BCUT2D eigenvalue weighted by Gasteiger charge is 2.71. The molecule has 1 aliphatic carbocycles. The molecule has 0 spiro atoms. The van der Waals surface area contributed by atoms with Gasteiger partial charge in [-0.05, 0) is 44.9 Å². The van der Waals surface area contributed by atoms with Crippen molar-refractivity contribution in [1.82, 2.24) is 10.2 Å². The van der Waals surface area contributed by atoms with E-state index in [0.717, 1.165) is 24.2 Å². The second-order valence-electron chi connectivity index (χ2n) is 8.08. The second kappa shape index (κ2) is 9.44. The molecule has 1 heterocycles. The number of benzene rings is 1. The Labute approximate surface area is 189 Å². The van der Waals surface area contributed by atoms with Crippen LogP contribution in [0.1, 0.15) is 56.3 Å². The SMILES string of the molecule is CCOC(=O)C1=C(C)N(C2CCCCC2)C(=O)C1(NC(=O)c1cccc(OC)c1)C(F)(F)F. The van der Waals surface area contributed by atoms with Gasteiger partial charge in [-0.2, -0.15) is 13.2 Å². The summed E-state index contributed by atoms with van der Waals surface area (Å²) in [6.07, 6.45) is -1.85. The molecule has 1 aromatic carbocycles. The molecule has 2 aliphatic rings. The van der Waals surface area contributed by atoms with E-state index in [1.165, 1.54) is 45.2 Å². The molecule has 1 saturated carbocycles. The van der Waals surface area contributed by atoms with Crippen LogP contribution in [0.2, 0.25) is 0 Å². The third kappa shape index (κ3) is 4.30. The summed E-state index contributed by atoms with van der Waals surface area (Å²) in [4.78, 5) is 40.3. The third-order valence-corrected chi connectivity index (χ3v) is 6.12. The summed E-state index contributed by atoms with van der Waals surface area (Å²) in [5, 5.41) is 1.87. The van der Waals surface area contributed by atoms with Crippen LogP contribution in [0.4, 0.5) is 13.2 Å². The molecule has 0 aromatic heterocycles. The molecule has 180 valence electrons. The smallest absolute Gasteiger partial charge is 0.425 e. The largest absolute Gasteiger partial charge is 0.497 e. The Kier molecular flexibility index (Phi) is 7.04. The average Bonchev–Trinajstić information content (AvgIpc) is 3.01. The molecule has 0 bridgehead atoms. The minimum Gasteiger partial charge on any atom is -0.497 e. The molecule has 1 aromatic rings. The lowest BCUT2D eigenvalue weighted by Crippen LogP contribution is -2.66. The van der Waals surface area contributed by atoms with Gasteiger partial charge in [-0.25, -0.2) is 4.79 Å². The number of carbonyl (C=O) groups is 3. The Hall–Kier alpha value is -3.04. The van der Waals surface area contributed by atoms with Gasteiger partial charge in [0.25, 0.3) is 17.4 Å². The van der Waals surface area contributed by atoms with E-state index in [2.05, 4.69) is 0 Å². The number of halogens is 3. The van der Waals surface area contributed by atoms with Crippen molar-refractivity contribution in [3.63, 3.8) is 0 Å². The van der Waals surface area contributed by atoms with Crippen LogP contribution in [0.25, 0.3) is 0 Å². The summed E-state index contributed by atoms with van der Waals surface area (Å²) in [6.45, 7) is 2.56. The number of carbonyl (C=O) groups excluding carboxylic acids is 3. The van der Waals surface area contributed by atoms with E-state index in [0.29, 0.717) is 12.8 Å². The zero-order chi connectivity index (χ0) is 24.4. The lowest BCUT2D eigenvalue weighted by Gasteiger charge is -2.36. The van der Waals surface area contributed by atoms with Gasteiger partial charge in [0.05, 0.1) is 13.7 Å². The summed E-state index contributed by atoms with van der Waals surface area (Å²) in [6, 6.07) is 5.01. The van der Waals surface area contributed by atoms with E-state index < -0.39 is 41.1 Å². The van der Waals surface area contributed by atoms with Gasteiger partial charge < -0.3 is 19.7 Å². The number of alkyl halides is 3. The summed E-state index contributed by atoms with van der Waals surface area (Å²) in [5.74, 6) is -3.59. The number of allylic oxidation sites excluding steroid dienone is 1. The van der Waals surface area contributed by atoms with Crippen LogP contribution in [0.5, 0.6) is 5.75 Å². The van der Waals surface area contributed by atoms with Gasteiger partial charge in [0.1, 0.15) is 11.3 Å². The topological polar surface area (TPSA) is 84.9 Å². The lowest BCUT2D eigenvalue weighted by molar-refractivity contribution is -0.193. The van der Waals surface area contributed by atoms with Crippen molar-refractivity contribution in [3.8, 4) is 5.75 Å².